The summed E-state index contributed by atoms with van der Waals surface area (Å²) in [6.07, 6.45) is 7.15. The third-order valence-electron chi connectivity index (χ3n) is 4.69. The molecule has 1 amide bonds. The first-order valence-corrected chi connectivity index (χ1v) is 8.30. The molecular weight excluding hydrogens is 278 g/mol. The standard InChI is InChI=1S/C18H23NO3/c20-17(13-22-18(21)15-8-2-1-3-9-15)19-12-6-10-14-7-4-5-11-16(14)19/h4-5,7,11,15H,1-3,6,8-10,12-13H2. The summed E-state index contributed by atoms with van der Waals surface area (Å²) in [7, 11) is 0. The summed E-state index contributed by atoms with van der Waals surface area (Å²) in [4.78, 5) is 26.2. The summed E-state index contributed by atoms with van der Waals surface area (Å²) in [5, 5.41) is 0. The molecule has 4 heteroatoms. The van der Waals surface area contributed by atoms with E-state index in [1.807, 2.05) is 18.2 Å². The van der Waals surface area contributed by atoms with Gasteiger partial charge in [0.1, 0.15) is 0 Å². The quantitative estimate of drug-likeness (QED) is 0.806. The van der Waals surface area contributed by atoms with Crippen LogP contribution in [0.25, 0.3) is 0 Å². The molecule has 1 heterocycles. The molecule has 0 N–H and O–H groups in total. The SMILES string of the molecule is O=C(OCC(=O)N1CCCc2ccccc21)C1CCCCC1. The zero-order valence-corrected chi connectivity index (χ0v) is 12.9. The van der Waals surface area contributed by atoms with Crippen molar-refractivity contribution in [2.75, 3.05) is 18.1 Å². The Morgan fingerprint density at radius 3 is 2.68 bits per heavy atom. The smallest absolute Gasteiger partial charge is 0.309 e. The molecule has 4 nitrogen and oxygen atoms in total. The molecule has 2 aliphatic rings. The molecule has 1 saturated carbocycles. The Labute approximate surface area is 131 Å². The lowest BCUT2D eigenvalue weighted by atomic mass is 9.89. The van der Waals surface area contributed by atoms with E-state index in [0.29, 0.717) is 6.54 Å². The van der Waals surface area contributed by atoms with Gasteiger partial charge in [-0.25, -0.2) is 0 Å². The van der Waals surface area contributed by atoms with E-state index in [1.54, 1.807) is 4.90 Å². The van der Waals surface area contributed by atoms with Crippen LogP contribution in [0.2, 0.25) is 0 Å². The fourth-order valence-corrected chi connectivity index (χ4v) is 3.46. The van der Waals surface area contributed by atoms with Gasteiger partial charge >= 0.3 is 5.97 Å². The molecule has 118 valence electrons. The van der Waals surface area contributed by atoms with Crippen LogP contribution in [-0.4, -0.2) is 25.0 Å². The molecule has 0 spiro atoms. The van der Waals surface area contributed by atoms with E-state index in [-0.39, 0.29) is 24.4 Å². The van der Waals surface area contributed by atoms with Gasteiger partial charge in [0.15, 0.2) is 6.61 Å². The Morgan fingerprint density at radius 2 is 1.86 bits per heavy atom. The third kappa shape index (κ3) is 3.32. The number of carbonyl (C=O) groups is 2. The number of para-hydroxylation sites is 1. The Kier molecular flexibility index (Phi) is 4.76. The van der Waals surface area contributed by atoms with Crippen LogP contribution in [0.4, 0.5) is 5.69 Å². The van der Waals surface area contributed by atoms with Gasteiger partial charge in [-0.1, -0.05) is 37.5 Å². The van der Waals surface area contributed by atoms with E-state index < -0.39 is 0 Å². The molecule has 0 atom stereocenters. The Balaban J connectivity index is 1.57. The molecule has 0 aromatic heterocycles. The van der Waals surface area contributed by atoms with Gasteiger partial charge in [-0.3, -0.25) is 9.59 Å². The lowest BCUT2D eigenvalue weighted by Gasteiger charge is -2.29. The molecule has 3 rings (SSSR count). The van der Waals surface area contributed by atoms with E-state index in [4.69, 9.17) is 4.74 Å². The van der Waals surface area contributed by atoms with Crippen LogP contribution in [0, 0.1) is 5.92 Å². The Bertz CT molecular complexity index is 549. The second-order valence-corrected chi connectivity index (χ2v) is 6.22. The van der Waals surface area contributed by atoms with Crippen LogP contribution < -0.4 is 4.90 Å². The van der Waals surface area contributed by atoms with Crippen LogP contribution in [0.1, 0.15) is 44.1 Å². The number of esters is 1. The molecule has 1 fully saturated rings. The van der Waals surface area contributed by atoms with Crippen molar-refractivity contribution in [1.29, 1.82) is 0 Å². The zero-order valence-electron chi connectivity index (χ0n) is 12.9. The summed E-state index contributed by atoms with van der Waals surface area (Å²) in [5.41, 5.74) is 2.16. The van der Waals surface area contributed by atoms with Crippen LogP contribution in [-0.2, 0) is 20.7 Å². The van der Waals surface area contributed by atoms with Gasteiger partial charge in [-0.05, 0) is 37.3 Å². The Morgan fingerprint density at radius 1 is 1.09 bits per heavy atom. The van der Waals surface area contributed by atoms with Crippen molar-refractivity contribution in [3.63, 3.8) is 0 Å². The van der Waals surface area contributed by atoms with Crippen molar-refractivity contribution in [2.24, 2.45) is 5.92 Å². The number of carbonyl (C=O) groups excluding carboxylic acids is 2. The van der Waals surface area contributed by atoms with E-state index in [0.717, 1.165) is 44.2 Å². The number of ether oxygens (including phenoxy) is 1. The first-order chi connectivity index (χ1) is 10.8. The lowest BCUT2D eigenvalue weighted by molar-refractivity contribution is -0.153. The molecule has 0 saturated heterocycles. The van der Waals surface area contributed by atoms with E-state index in [2.05, 4.69) is 6.07 Å². The van der Waals surface area contributed by atoms with Crippen molar-refractivity contribution < 1.29 is 14.3 Å². The van der Waals surface area contributed by atoms with Gasteiger partial charge in [0, 0.05) is 12.2 Å². The molecule has 22 heavy (non-hydrogen) atoms. The predicted octanol–water partition coefficient (Wildman–Crippen LogP) is 3.09. The molecule has 1 aliphatic carbocycles. The van der Waals surface area contributed by atoms with Crippen LogP contribution >= 0.6 is 0 Å². The Hall–Kier alpha value is -1.84. The minimum atomic E-state index is -0.196. The highest BCUT2D eigenvalue weighted by Crippen LogP contribution is 2.27. The van der Waals surface area contributed by atoms with Gasteiger partial charge in [-0.2, -0.15) is 0 Å². The highest BCUT2D eigenvalue weighted by atomic mass is 16.5. The lowest BCUT2D eigenvalue weighted by Crippen LogP contribution is -2.39. The molecule has 0 bridgehead atoms. The molecule has 1 aliphatic heterocycles. The number of hydrogen-bond donors (Lipinski definition) is 0. The summed E-state index contributed by atoms with van der Waals surface area (Å²) >= 11 is 0. The van der Waals surface area contributed by atoms with Crippen LogP contribution in [0.5, 0.6) is 0 Å². The van der Waals surface area contributed by atoms with Gasteiger partial charge in [0.25, 0.3) is 5.91 Å². The highest BCUT2D eigenvalue weighted by Gasteiger charge is 2.26. The average molecular weight is 301 g/mol. The number of fused-ring (bicyclic) bond motifs is 1. The summed E-state index contributed by atoms with van der Waals surface area (Å²) in [5.74, 6) is -0.315. The fraction of sp³-hybridized carbons (Fsp3) is 0.556. The molecular formula is C18H23NO3. The van der Waals surface area contributed by atoms with E-state index in [9.17, 15) is 9.59 Å². The third-order valence-corrected chi connectivity index (χ3v) is 4.69. The number of hydrogen-bond acceptors (Lipinski definition) is 3. The topological polar surface area (TPSA) is 46.6 Å². The van der Waals surface area contributed by atoms with Crippen molar-refractivity contribution in [2.45, 2.75) is 44.9 Å². The maximum Gasteiger partial charge on any atom is 0.309 e. The zero-order chi connectivity index (χ0) is 15.4. The van der Waals surface area contributed by atoms with Crippen molar-refractivity contribution in [3.05, 3.63) is 29.8 Å². The molecule has 0 unspecified atom stereocenters. The number of aryl methyl sites for hydroxylation is 1. The number of amides is 1. The number of nitrogens with zero attached hydrogens (tertiary/aromatic N) is 1. The maximum atomic E-state index is 12.4. The minimum absolute atomic E-state index is 0.00445. The summed E-state index contributed by atoms with van der Waals surface area (Å²) < 4.78 is 5.28. The highest BCUT2D eigenvalue weighted by molar-refractivity contribution is 5.96. The second kappa shape index (κ2) is 6.95. The predicted molar refractivity (Wildman–Crippen MR) is 84.7 cm³/mol. The van der Waals surface area contributed by atoms with Crippen LogP contribution in [0.15, 0.2) is 24.3 Å². The van der Waals surface area contributed by atoms with Crippen molar-refractivity contribution in [3.8, 4) is 0 Å². The summed E-state index contributed by atoms with van der Waals surface area (Å²) in [6.45, 7) is 0.570. The van der Waals surface area contributed by atoms with Crippen LogP contribution in [0.3, 0.4) is 0 Å². The largest absolute Gasteiger partial charge is 0.455 e. The fourth-order valence-electron chi connectivity index (χ4n) is 3.46. The molecule has 0 radical (unpaired) electrons. The number of anilines is 1. The van der Waals surface area contributed by atoms with Gasteiger partial charge < -0.3 is 9.64 Å². The maximum absolute atomic E-state index is 12.4. The second-order valence-electron chi connectivity index (χ2n) is 6.22. The van der Waals surface area contributed by atoms with Gasteiger partial charge in [0.05, 0.1) is 5.92 Å². The number of rotatable bonds is 3. The number of benzene rings is 1. The normalized spacial score (nSPS) is 18.6. The van der Waals surface area contributed by atoms with E-state index in [1.165, 1.54) is 12.0 Å². The minimum Gasteiger partial charge on any atom is -0.455 e. The van der Waals surface area contributed by atoms with Crippen molar-refractivity contribution in [1.82, 2.24) is 0 Å². The van der Waals surface area contributed by atoms with Gasteiger partial charge in [-0.15, -0.1) is 0 Å². The first-order valence-electron chi connectivity index (χ1n) is 8.30. The van der Waals surface area contributed by atoms with Crippen molar-refractivity contribution >= 4 is 17.6 Å². The first kappa shape index (κ1) is 15.1. The monoisotopic (exact) mass is 301 g/mol. The van der Waals surface area contributed by atoms with Gasteiger partial charge in [0.2, 0.25) is 0 Å². The average Bonchev–Trinajstić information content (AvgIpc) is 2.59. The van der Waals surface area contributed by atoms with E-state index >= 15 is 0 Å². The summed E-state index contributed by atoms with van der Waals surface area (Å²) in [6, 6.07) is 7.96. The molecule has 1 aromatic carbocycles. The molecule has 1 aromatic rings.